The van der Waals surface area contributed by atoms with Gasteiger partial charge < -0.3 is 10.1 Å². The third-order valence-corrected chi connectivity index (χ3v) is 3.27. The second-order valence-electron chi connectivity index (χ2n) is 5.72. The second kappa shape index (κ2) is 7.61. The molecule has 1 aromatic carbocycles. The molecule has 3 heteroatoms. The quantitative estimate of drug-likeness (QED) is 0.809. The molecule has 1 aromatic rings. The van der Waals surface area contributed by atoms with Crippen molar-refractivity contribution >= 4 is 0 Å². The van der Waals surface area contributed by atoms with Crippen molar-refractivity contribution in [3.63, 3.8) is 0 Å². The van der Waals surface area contributed by atoms with Gasteiger partial charge in [-0.1, -0.05) is 33.8 Å². The SMILES string of the molecule is CC(C)NCc1ccc(F)c(COC(C)C(C)C)c1. The smallest absolute Gasteiger partial charge is 0.128 e. The van der Waals surface area contributed by atoms with Crippen LogP contribution in [0.2, 0.25) is 0 Å². The summed E-state index contributed by atoms with van der Waals surface area (Å²) < 4.78 is 19.4. The van der Waals surface area contributed by atoms with Gasteiger partial charge in [0.25, 0.3) is 0 Å². The lowest BCUT2D eigenvalue weighted by molar-refractivity contribution is 0.0221. The Kier molecular flexibility index (Phi) is 6.46. The van der Waals surface area contributed by atoms with Crippen LogP contribution in [0.15, 0.2) is 18.2 Å². The van der Waals surface area contributed by atoms with Gasteiger partial charge in [0, 0.05) is 18.2 Å². The van der Waals surface area contributed by atoms with Crippen LogP contribution in [0.3, 0.4) is 0 Å². The van der Waals surface area contributed by atoms with Gasteiger partial charge in [0.1, 0.15) is 5.82 Å². The van der Waals surface area contributed by atoms with Crippen LogP contribution in [0, 0.1) is 11.7 Å². The van der Waals surface area contributed by atoms with Crippen LogP contribution in [0.1, 0.15) is 45.7 Å². The first-order chi connectivity index (χ1) is 8.90. The van der Waals surface area contributed by atoms with E-state index >= 15 is 0 Å². The van der Waals surface area contributed by atoms with Gasteiger partial charge >= 0.3 is 0 Å². The van der Waals surface area contributed by atoms with E-state index in [1.807, 2.05) is 19.1 Å². The second-order valence-corrected chi connectivity index (χ2v) is 5.72. The lowest BCUT2D eigenvalue weighted by atomic mass is 10.1. The van der Waals surface area contributed by atoms with Gasteiger partial charge in [-0.2, -0.15) is 0 Å². The van der Waals surface area contributed by atoms with E-state index in [9.17, 15) is 4.39 Å². The molecule has 0 radical (unpaired) electrons. The number of rotatable bonds is 7. The maximum absolute atomic E-state index is 13.7. The summed E-state index contributed by atoms with van der Waals surface area (Å²) in [5.74, 6) is 0.248. The fourth-order valence-electron chi connectivity index (χ4n) is 1.58. The molecule has 0 amide bonds. The average Bonchev–Trinajstić information content (AvgIpc) is 2.35. The summed E-state index contributed by atoms with van der Waals surface area (Å²) in [4.78, 5) is 0. The standard InChI is InChI=1S/C16H26FNO/c1-11(2)13(5)19-10-15-8-14(6-7-16(15)17)9-18-12(3)4/h6-8,11-13,18H,9-10H2,1-5H3. The highest BCUT2D eigenvalue weighted by atomic mass is 19.1. The fourth-order valence-corrected chi connectivity index (χ4v) is 1.58. The van der Waals surface area contributed by atoms with Gasteiger partial charge in [-0.15, -0.1) is 0 Å². The van der Waals surface area contributed by atoms with E-state index in [1.165, 1.54) is 6.07 Å². The minimum atomic E-state index is -0.191. The van der Waals surface area contributed by atoms with Gasteiger partial charge in [-0.25, -0.2) is 4.39 Å². The number of halogens is 1. The van der Waals surface area contributed by atoms with E-state index < -0.39 is 0 Å². The minimum absolute atomic E-state index is 0.136. The molecule has 1 atom stereocenters. The van der Waals surface area contributed by atoms with Crippen molar-refractivity contribution in [3.8, 4) is 0 Å². The number of hydrogen-bond donors (Lipinski definition) is 1. The van der Waals surface area contributed by atoms with Crippen molar-refractivity contribution in [1.82, 2.24) is 5.32 Å². The molecule has 1 N–H and O–H groups in total. The average molecular weight is 267 g/mol. The van der Waals surface area contributed by atoms with Crippen LogP contribution in [0.5, 0.6) is 0 Å². The molecule has 0 aromatic heterocycles. The van der Waals surface area contributed by atoms with Crippen LogP contribution in [-0.4, -0.2) is 12.1 Å². The molecule has 108 valence electrons. The molecule has 1 rings (SSSR count). The normalized spacial score (nSPS) is 13.3. The number of nitrogens with one attached hydrogen (secondary N) is 1. The Labute approximate surface area is 116 Å². The Morgan fingerprint density at radius 1 is 1.16 bits per heavy atom. The summed E-state index contributed by atoms with van der Waals surface area (Å²) >= 11 is 0. The highest BCUT2D eigenvalue weighted by Gasteiger charge is 2.10. The van der Waals surface area contributed by atoms with Crippen LogP contribution in [0.4, 0.5) is 4.39 Å². The molecule has 0 heterocycles. The van der Waals surface area contributed by atoms with E-state index in [0.717, 1.165) is 12.1 Å². The Balaban J connectivity index is 2.63. The zero-order chi connectivity index (χ0) is 14.4. The first-order valence-corrected chi connectivity index (χ1v) is 7.02. The molecular formula is C16H26FNO. The van der Waals surface area contributed by atoms with Gasteiger partial charge in [-0.05, 0) is 30.5 Å². The van der Waals surface area contributed by atoms with Crippen LogP contribution < -0.4 is 5.32 Å². The van der Waals surface area contributed by atoms with Crippen molar-refractivity contribution in [1.29, 1.82) is 0 Å². The zero-order valence-corrected chi connectivity index (χ0v) is 12.7. The Morgan fingerprint density at radius 3 is 2.42 bits per heavy atom. The summed E-state index contributed by atoms with van der Waals surface area (Å²) in [5, 5.41) is 3.33. The Bertz CT molecular complexity index is 390. The summed E-state index contributed by atoms with van der Waals surface area (Å²) in [6.07, 6.45) is 0.136. The summed E-state index contributed by atoms with van der Waals surface area (Å²) in [5.41, 5.74) is 1.72. The van der Waals surface area contributed by atoms with Crippen LogP contribution in [-0.2, 0) is 17.9 Å². The minimum Gasteiger partial charge on any atom is -0.373 e. The maximum atomic E-state index is 13.7. The molecule has 0 saturated heterocycles. The molecule has 0 bridgehead atoms. The molecule has 0 aliphatic rings. The largest absolute Gasteiger partial charge is 0.373 e. The Hall–Kier alpha value is -0.930. The molecular weight excluding hydrogens is 241 g/mol. The molecule has 2 nitrogen and oxygen atoms in total. The van der Waals surface area contributed by atoms with Crippen LogP contribution >= 0.6 is 0 Å². The predicted octanol–water partition coefficient (Wildman–Crippen LogP) is 3.88. The first kappa shape index (κ1) is 16.1. The van der Waals surface area contributed by atoms with Crippen molar-refractivity contribution in [2.24, 2.45) is 5.92 Å². The third kappa shape index (κ3) is 5.70. The highest BCUT2D eigenvalue weighted by Crippen LogP contribution is 2.15. The predicted molar refractivity (Wildman–Crippen MR) is 77.5 cm³/mol. The van der Waals surface area contributed by atoms with E-state index in [1.54, 1.807) is 0 Å². The first-order valence-electron chi connectivity index (χ1n) is 7.02. The van der Waals surface area contributed by atoms with Gasteiger partial charge in [0.15, 0.2) is 0 Å². The van der Waals surface area contributed by atoms with Crippen molar-refractivity contribution in [3.05, 3.63) is 35.1 Å². The molecule has 1 unspecified atom stereocenters. The van der Waals surface area contributed by atoms with Gasteiger partial charge in [0.05, 0.1) is 12.7 Å². The van der Waals surface area contributed by atoms with Gasteiger partial charge in [0.2, 0.25) is 0 Å². The number of hydrogen-bond acceptors (Lipinski definition) is 2. The summed E-state index contributed by atoms with van der Waals surface area (Å²) in [7, 11) is 0. The van der Waals surface area contributed by atoms with Gasteiger partial charge in [-0.3, -0.25) is 0 Å². The monoisotopic (exact) mass is 267 g/mol. The van der Waals surface area contributed by atoms with Crippen molar-refractivity contribution in [2.75, 3.05) is 0 Å². The summed E-state index contributed by atoms with van der Waals surface area (Å²) in [6, 6.07) is 5.65. The molecule has 19 heavy (non-hydrogen) atoms. The summed E-state index contributed by atoms with van der Waals surface area (Å²) in [6.45, 7) is 11.5. The Morgan fingerprint density at radius 2 is 1.84 bits per heavy atom. The third-order valence-electron chi connectivity index (χ3n) is 3.27. The van der Waals surface area contributed by atoms with E-state index in [0.29, 0.717) is 24.1 Å². The lowest BCUT2D eigenvalue weighted by Gasteiger charge is -2.17. The zero-order valence-electron chi connectivity index (χ0n) is 12.7. The maximum Gasteiger partial charge on any atom is 0.128 e. The molecule has 0 aliphatic heterocycles. The van der Waals surface area contributed by atoms with E-state index in [-0.39, 0.29) is 11.9 Å². The topological polar surface area (TPSA) is 21.3 Å². The fraction of sp³-hybridized carbons (Fsp3) is 0.625. The lowest BCUT2D eigenvalue weighted by Crippen LogP contribution is -2.22. The molecule has 0 aliphatic carbocycles. The highest BCUT2D eigenvalue weighted by molar-refractivity contribution is 5.24. The van der Waals surface area contributed by atoms with Crippen LogP contribution in [0.25, 0.3) is 0 Å². The molecule has 0 saturated carbocycles. The van der Waals surface area contributed by atoms with E-state index in [4.69, 9.17) is 4.74 Å². The number of benzene rings is 1. The van der Waals surface area contributed by atoms with Crippen molar-refractivity contribution in [2.45, 2.75) is 59.9 Å². The molecule has 0 spiro atoms. The van der Waals surface area contributed by atoms with E-state index in [2.05, 4.69) is 33.0 Å². The number of ether oxygens (including phenoxy) is 1. The molecule has 0 fully saturated rings. The van der Waals surface area contributed by atoms with Crippen molar-refractivity contribution < 1.29 is 9.13 Å².